The average Bonchev–Trinajstić information content (AvgIpc) is 3.45. The van der Waals surface area contributed by atoms with Gasteiger partial charge < -0.3 is 14.3 Å². The Bertz CT molecular complexity index is 1830. The predicted molar refractivity (Wildman–Crippen MR) is 183 cm³/mol. The van der Waals surface area contributed by atoms with Crippen LogP contribution in [0.15, 0.2) is 126 Å². The smallest absolute Gasteiger partial charge is 0.320 e. The van der Waals surface area contributed by atoms with Gasteiger partial charge in [-0.05, 0) is 63.8 Å². The van der Waals surface area contributed by atoms with Crippen LogP contribution in [0.5, 0.6) is 5.75 Å². The van der Waals surface area contributed by atoms with Gasteiger partial charge in [0.1, 0.15) is 11.3 Å². The summed E-state index contributed by atoms with van der Waals surface area (Å²) in [6.45, 7) is 9.65. The molecule has 0 atom stereocenters. The van der Waals surface area contributed by atoms with Crippen LogP contribution in [0.25, 0.3) is 10.9 Å². The van der Waals surface area contributed by atoms with Gasteiger partial charge in [0.2, 0.25) is 0 Å². The Morgan fingerprint density at radius 3 is 2.23 bits per heavy atom. The van der Waals surface area contributed by atoms with E-state index in [1.807, 2.05) is 36.7 Å². The number of pyridine rings is 2. The summed E-state index contributed by atoms with van der Waals surface area (Å²) < 4.78 is 10.4. The van der Waals surface area contributed by atoms with Crippen LogP contribution in [0.4, 0.5) is 11.5 Å². The van der Waals surface area contributed by atoms with Crippen molar-refractivity contribution in [3.05, 3.63) is 137 Å². The third-order valence-electron chi connectivity index (χ3n) is 7.95. The molecule has 0 bridgehead atoms. The first-order chi connectivity index (χ1) is 20.7. The van der Waals surface area contributed by atoms with Gasteiger partial charge in [-0.2, -0.15) is 0 Å². The molecule has 0 aliphatic rings. The Morgan fingerprint density at radius 1 is 0.860 bits per heavy atom. The standard InChI is InChI=1S/C36H35BrN4OSi/c1-26-32(37)16-11-17-33(26)40-35-34-28(18-20-38-35)22-27(23-39-34)24-41-21-19-29(25-41)42-43(36(2,3)4,30-12-7-5-8-13-30)31-14-9-6-10-15-31/h5-23,25H,24H2,1-4H3,(H,38,40). The van der Waals surface area contributed by atoms with E-state index in [4.69, 9.17) is 9.41 Å². The van der Waals surface area contributed by atoms with Gasteiger partial charge in [-0.1, -0.05) is 103 Å². The normalized spacial score (nSPS) is 11.9. The maximum Gasteiger partial charge on any atom is 0.320 e. The lowest BCUT2D eigenvalue weighted by molar-refractivity contribution is 0.507. The molecular formula is C36H35BrN4OSi. The van der Waals surface area contributed by atoms with Crippen LogP contribution < -0.4 is 20.1 Å². The Morgan fingerprint density at radius 2 is 1.56 bits per heavy atom. The number of aromatic nitrogens is 3. The van der Waals surface area contributed by atoms with E-state index in [2.05, 4.69) is 144 Å². The summed E-state index contributed by atoms with van der Waals surface area (Å²) in [7, 11) is -2.69. The average molecular weight is 648 g/mol. The second kappa shape index (κ2) is 11.8. The number of rotatable bonds is 8. The first-order valence-electron chi connectivity index (χ1n) is 14.5. The topological polar surface area (TPSA) is 52.0 Å². The van der Waals surface area contributed by atoms with Crippen molar-refractivity contribution in [2.45, 2.75) is 39.3 Å². The molecule has 0 saturated heterocycles. The fraction of sp³-hybridized carbons (Fsp3) is 0.167. The summed E-state index contributed by atoms with van der Waals surface area (Å²) in [4.78, 5) is 9.42. The van der Waals surface area contributed by atoms with Crippen molar-refractivity contribution in [2.24, 2.45) is 0 Å². The lowest BCUT2D eigenvalue weighted by Gasteiger charge is -2.42. The number of fused-ring (bicyclic) bond motifs is 1. The maximum atomic E-state index is 7.20. The molecule has 3 heterocycles. The summed E-state index contributed by atoms with van der Waals surface area (Å²) in [6.07, 6.45) is 7.96. The van der Waals surface area contributed by atoms with Gasteiger partial charge in [0.15, 0.2) is 5.82 Å². The highest BCUT2D eigenvalue weighted by molar-refractivity contribution is 9.10. The zero-order chi connectivity index (χ0) is 30.0. The highest BCUT2D eigenvalue weighted by Crippen LogP contribution is 2.38. The number of hydrogen-bond acceptors (Lipinski definition) is 4. The molecule has 0 saturated carbocycles. The van der Waals surface area contributed by atoms with E-state index in [0.29, 0.717) is 6.54 Å². The monoisotopic (exact) mass is 646 g/mol. The molecule has 3 aromatic carbocycles. The van der Waals surface area contributed by atoms with Crippen molar-refractivity contribution in [3.8, 4) is 5.75 Å². The quantitative estimate of drug-likeness (QED) is 0.169. The summed E-state index contributed by atoms with van der Waals surface area (Å²) >= 11 is 3.62. The molecule has 5 nitrogen and oxygen atoms in total. The summed E-state index contributed by atoms with van der Waals surface area (Å²) in [5, 5.41) is 6.93. The minimum atomic E-state index is -2.69. The second-order valence-corrected chi connectivity index (χ2v) is 17.0. The number of benzene rings is 3. The van der Waals surface area contributed by atoms with Crippen molar-refractivity contribution in [2.75, 3.05) is 5.32 Å². The largest absolute Gasteiger partial charge is 0.533 e. The van der Waals surface area contributed by atoms with Crippen LogP contribution in [-0.4, -0.2) is 22.9 Å². The summed E-state index contributed by atoms with van der Waals surface area (Å²) in [5.41, 5.74) is 4.08. The number of hydrogen-bond donors (Lipinski definition) is 1. The van der Waals surface area contributed by atoms with Crippen molar-refractivity contribution in [1.82, 2.24) is 14.5 Å². The van der Waals surface area contributed by atoms with Crippen LogP contribution in [0.2, 0.25) is 5.04 Å². The number of halogens is 1. The molecule has 3 aromatic heterocycles. The zero-order valence-corrected chi connectivity index (χ0v) is 27.5. The van der Waals surface area contributed by atoms with E-state index in [0.717, 1.165) is 43.8 Å². The van der Waals surface area contributed by atoms with Crippen molar-refractivity contribution in [1.29, 1.82) is 0 Å². The first-order valence-corrected chi connectivity index (χ1v) is 17.2. The van der Waals surface area contributed by atoms with Gasteiger partial charge in [0.25, 0.3) is 0 Å². The highest BCUT2D eigenvalue weighted by atomic mass is 79.9. The van der Waals surface area contributed by atoms with E-state index < -0.39 is 8.32 Å². The Kier molecular flexibility index (Phi) is 7.94. The number of nitrogens with one attached hydrogen (secondary N) is 1. The second-order valence-electron chi connectivity index (χ2n) is 11.9. The van der Waals surface area contributed by atoms with Crippen LogP contribution in [-0.2, 0) is 6.54 Å². The van der Waals surface area contributed by atoms with Crippen LogP contribution in [0, 0.1) is 6.92 Å². The Labute approximate surface area is 262 Å². The minimum Gasteiger partial charge on any atom is -0.533 e. The van der Waals surface area contributed by atoms with Crippen LogP contribution in [0.1, 0.15) is 31.9 Å². The molecule has 6 aromatic rings. The molecule has 216 valence electrons. The van der Waals surface area contributed by atoms with Crippen molar-refractivity contribution in [3.63, 3.8) is 0 Å². The molecule has 0 fully saturated rings. The van der Waals surface area contributed by atoms with E-state index in [1.165, 1.54) is 10.4 Å². The SMILES string of the molecule is Cc1c(Br)cccc1Nc1nccc2cc(Cn3ccc(O[Si](c4ccccc4)(c4ccccc4)C(C)(C)C)c3)cnc12. The molecule has 1 N–H and O–H groups in total. The van der Waals surface area contributed by atoms with Gasteiger partial charge in [0.05, 0.1) is 0 Å². The summed E-state index contributed by atoms with van der Waals surface area (Å²) in [5.74, 6) is 1.62. The van der Waals surface area contributed by atoms with Gasteiger partial charge in [0, 0.05) is 46.9 Å². The highest BCUT2D eigenvalue weighted by Gasteiger charge is 2.52. The number of anilines is 2. The summed E-state index contributed by atoms with van der Waals surface area (Å²) in [6, 6.07) is 33.9. The molecule has 0 radical (unpaired) electrons. The molecular weight excluding hydrogens is 612 g/mol. The minimum absolute atomic E-state index is 0.103. The van der Waals surface area contributed by atoms with Gasteiger partial charge in [-0.25, -0.2) is 4.98 Å². The molecule has 0 aliphatic heterocycles. The van der Waals surface area contributed by atoms with E-state index in [-0.39, 0.29) is 5.04 Å². The fourth-order valence-electron chi connectivity index (χ4n) is 5.77. The molecule has 7 heteroatoms. The molecule has 0 unspecified atom stereocenters. The maximum absolute atomic E-state index is 7.20. The van der Waals surface area contributed by atoms with Crippen molar-refractivity contribution < 1.29 is 4.43 Å². The Hall–Kier alpha value is -4.20. The third-order valence-corrected chi connectivity index (χ3v) is 13.8. The fourth-order valence-corrected chi connectivity index (χ4v) is 10.5. The predicted octanol–water partition coefficient (Wildman–Crippen LogP) is 8.23. The van der Waals surface area contributed by atoms with Crippen molar-refractivity contribution >= 4 is 57.0 Å². The number of nitrogens with zero attached hydrogens (tertiary/aromatic N) is 3. The molecule has 0 aliphatic carbocycles. The van der Waals surface area contributed by atoms with Gasteiger partial charge >= 0.3 is 8.32 Å². The van der Waals surface area contributed by atoms with Crippen LogP contribution in [0.3, 0.4) is 0 Å². The molecule has 43 heavy (non-hydrogen) atoms. The zero-order valence-electron chi connectivity index (χ0n) is 24.9. The van der Waals surface area contributed by atoms with E-state index >= 15 is 0 Å². The molecule has 0 spiro atoms. The lowest BCUT2D eigenvalue weighted by atomic mass is 10.1. The van der Waals surface area contributed by atoms with E-state index in [1.54, 1.807) is 0 Å². The third kappa shape index (κ3) is 5.75. The van der Waals surface area contributed by atoms with Crippen LogP contribution >= 0.6 is 15.9 Å². The molecule has 6 rings (SSSR count). The van der Waals surface area contributed by atoms with Gasteiger partial charge in [-0.3, -0.25) is 4.98 Å². The Balaban J connectivity index is 1.29. The van der Waals surface area contributed by atoms with E-state index in [9.17, 15) is 0 Å². The van der Waals surface area contributed by atoms with Gasteiger partial charge in [-0.15, -0.1) is 0 Å². The lowest BCUT2D eigenvalue weighted by Crippen LogP contribution is -2.68. The molecule has 0 amide bonds. The first kappa shape index (κ1) is 28.9.